The molecule has 2 N–H and O–H groups in total. The predicted molar refractivity (Wildman–Crippen MR) is 88.7 cm³/mol. The lowest BCUT2D eigenvalue weighted by Gasteiger charge is -2.05. The SMILES string of the molecule is CCc1ccc(S(=O)(=O)NCCc2ccc3nc[nH]c3c2)s1. The fourth-order valence-corrected chi connectivity index (χ4v) is 4.60. The Labute approximate surface area is 133 Å². The van der Waals surface area contributed by atoms with Gasteiger partial charge in [-0.05, 0) is 42.7 Å². The van der Waals surface area contributed by atoms with Gasteiger partial charge >= 0.3 is 0 Å². The summed E-state index contributed by atoms with van der Waals surface area (Å²) >= 11 is 1.33. The highest BCUT2D eigenvalue weighted by atomic mass is 32.2. The highest BCUT2D eigenvalue weighted by Crippen LogP contribution is 2.21. The largest absolute Gasteiger partial charge is 0.345 e. The van der Waals surface area contributed by atoms with Gasteiger partial charge in [-0.2, -0.15) is 0 Å². The van der Waals surface area contributed by atoms with Gasteiger partial charge in [0, 0.05) is 11.4 Å². The number of benzene rings is 1. The summed E-state index contributed by atoms with van der Waals surface area (Å²) in [5, 5.41) is 0. The second kappa shape index (κ2) is 6.20. The molecule has 0 radical (unpaired) electrons. The standard InChI is InChI=1S/C15H17N3O2S2/c1-2-12-4-6-15(21-12)22(19,20)18-8-7-11-3-5-13-14(9-11)17-10-16-13/h3-6,9-10,18H,2,7-8H2,1H3,(H,16,17). The van der Waals surface area contributed by atoms with Crippen LogP contribution in [0.5, 0.6) is 0 Å². The molecule has 0 aliphatic carbocycles. The third kappa shape index (κ3) is 3.21. The first-order chi connectivity index (χ1) is 10.6. The van der Waals surface area contributed by atoms with E-state index in [1.165, 1.54) is 11.3 Å². The molecule has 22 heavy (non-hydrogen) atoms. The zero-order valence-electron chi connectivity index (χ0n) is 12.2. The number of rotatable bonds is 6. The number of aromatic amines is 1. The number of aryl methyl sites for hydroxylation is 1. The molecule has 5 nitrogen and oxygen atoms in total. The number of thiophene rings is 1. The lowest BCUT2D eigenvalue weighted by molar-refractivity contribution is 0.584. The Morgan fingerprint density at radius 3 is 2.91 bits per heavy atom. The number of hydrogen-bond donors (Lipinski definition) is 2. The Morgan fingerprint density at radius 2 is 2.14 bits per heavy atom. The van der Waals surface area contributed by atoms with Gasteiger partial charge in [0.05, 0.1) is 17.4 Å². The molecule has 7 heteroatoms. The van der Waals surface area contributed by atoms with Crippen LogP contribution in [0.15, 0.2) is 40.9 Å². The first-order valence-corrected chi connectivity index (χ1v) is 9.39. The number of nitrogens with one attached hydrogen (secondary N) is 2. The molecule has 0 aliphatic rings. The first kappa shape index (κ1) is 15.2. The summed E-state index contributed by atoms with van der Waals surface area (Å²) in [6.45, 7) is 2.39. The van der Waals surface area contributed by atoms with Crippen molar-refractivity contribution < 1.29 is 8.42 Å². The third-order valence-electron chi connectivity index (χ3n) is 3.44. The van der Waals surface area contributed by atoms with Gasteiger partial charge in [-0.15, -0.1) is 11.3 Å². The van der Waals surface area contributed by atoms with Crippen molar-refractivity contribution >= 4 is 32.4 Å². The van der Waals surface area contributed by atoms with Crippen LogP contribution in [0.3, 0.4) is 0 Å². The number of H-pyrrole nitrogens is 1. The molecule has 116 valence electrons. The topological polar surface area (TPSA) is 74.8 Å². The maximum atomic E-state index is 12.2. The molecule has 0 spiro atoms. The molecular formula is C15H17N3O2S2. The van der Waals surface area contributed by atoms with E-state index in [9.17, 15) is 8.42 Å². The molecule has 0 unspecified atom stereocenters. The van der Waals surface area contributed by atoms with E-state index >= 15 is 0 Å². The van der Waals surface area contributed by atoms with Crippen molar-refractivity contribution in [1.82, 2.24) is 14.7 Å². The second-order valence-electron chi connectivity index (χ2n) is 4.98. The van der Waals surface area contributed by atoms with Gasteiger partial charge in [-0.1, -0.05) is 13.0 Å². The van der Waals surface area contributed by atoms with Crippen molar-refractivity contribution in [2.45, 2.75) is 24.0 Å². The van der Waals surface area contributed by atoms with Gasteiger partial charge in [-0.25, -0.2) is 18.1 Å². The Hall–Kier alpha value is -1.70. The molecule has 0 aliphatic heterocycles. The van der Waals surface area contributed by atoms with Gasteiger partial charge < -0.3 is 4.98 Å². The summed E-state index contributed by atoms with van der Waals surface area (Å²) in [5.74, 6) is 0. The van der Waals surface area contributed by atoms with E-state index in [4.69, 9.17) is 0 Å². The Balaban J connectivity index is 1.64. The Morgan fingerprint density at radius 1 is 1.27 bits per heavy atom. The van der Waals surface area contributed by atoms with E-state index in [1.54, 1.807) is 12.4 Å². The van der Waals surface area contributed by atoms with Crippen LogP contribution < -0.4 is 4.72 Å². The molecule has 2 heterocycles. The van der Waals surface area contributed by atoms with Crippen molar-refractivity contribution in [2.24, 2.45) is 0 Å². The van der Waals surface area contributed by atoms with Crippen molar-refractivity contribution in [3.8, 4) is 0 Å². The number of imidazole rings is 1. The normalized spacial score (nSPS) is 12.0. The molecular weight excluding hydrogens is 318 g/mol. The quantitative estimate of drug-likeness (QED) is 0.727. The summed E-state index contributed by atoms with van der Waals surface area (Å²) in [7, 11) is -3.40. The molecule has 0 bridgehead atoms. The molecule has 0 fully saturated rings. The lowest BCUT2D eigenvalue weighted by atomic mass is 10.1. The fraction of sp³-hybridized carbons (Fsp3) is 0.267. The van der Waals surface area contributed by atoms with E-state index in [0.29, 0.717) is 17.2 Å². The van der Waals surface area contributed by atoms with Crippen molar-refractivity contribution in [2.75, 3.05) is 6.54 Å². The van der Waals surface area contributed by atoms with Crippen LogP contribution in [-0.4, -0.2) is 24.9 Å². The van der Waals surface area contributed by atoms with Crippen LogP contribution in [0.2, 0.25) is 0 Å². The van der Waals surface area contributed by atoms with E-state index in [2.05, 4.69) is 14.7 Å². The molecule has 3 aromatic rings. The molecule has 3 rings (SSSR count). The molecule has 0 atom stereocenters. The highest BCUT2D eigenvalue weighted by molar-refractivity contribution is 7.91. The predicted octanol–water partition coefficient (Wildman–Crippen LogP) is 2.71. The van der Waals surface area contributed by atoms with Crippen molar-refractivity contribution in [3.05, 3.63) is 47.1 Å². The van der Waals surface area contributed by atoms with E-state index in [1.807, 2.05) is 31.2 Å². The summed E-state index contributed by atoms with van der Waals surface area (Å²) < 4.78 is 27.5. The Bertz CT molecular complexity index is 881. The average molecular weight is 335 g/mol. The third-order valence-corrected chi connectivity index (χ3v) is 6.62. The van der Waals surface area contributed by atoms with E-state index < -0.39 is 10.0 Å². The summed E-state index contributed by atoms with van der Waals surface area (Å²) in [6, 6.07) is 9.44. The first-order valence-electron chi connectivity index (χ1n) is 7.09. The minimum Gasteiger partial charge on any atom is -0.345 e. The average Bonchev–Trinajstić information content (AvgIpc) is 3.15. The fourth-order valence-electron chi connectivity index (χ4n) is 2.23. The molecule has 0 saturated carbocycles. The van der Waals surface area contributed by atoms with Crippen LogP contribution in [0.4, 0.5) is 0 Å². The number of aromatic nitrogens is 2. The number of fused-ring (bicyclic) bond motifs is 1. The zero-order valence-corrected chi connectivity index (χ0v) is 13.8. The molecule has 1 aromatic carbocycles. The van der Waals surface area contributed by atoms with Gasteiger partial charge in [0.2, 0.25) is 10.0 Å². The maximum absolute atomic E-state index is 12.2. The van der Waals surface area contributed by atoms with Crippen molar-refractivity contribution in [3.63, 3.8) is 0 Å². The highest BCUT2D eigenvalue weighted by Gasteiger charge is 2.15. The number of sulfonamides is 1. The van der Waals surface area contributed by atoms with Gasteiger partial charge in [-0.3, -0.25) is 0 Å². The Kier molecular flexibility index (Phi) is 4.28. The molecule has 0 amide bonds. The summed E-state index contributed by atoms with van der Waals surface area (Å²) in [6.07, 6.45) is 3.14. The minimum atomic E-state index is -3.40. The van der Waals surface area contributed by atoms with Crippen LogP contribution >= 0.6 is 11.3 Å². The summed E-state index contributed by atoms with van der Waals surface area (Å²) in [4.78, 5) is 8.29. The van der Waals surface area contributed by atoms with Crippen molar-refractivity contribution in [1.29, 1.82) is 0 Å². The number of nitrogens with zero attached hydrogens (tertiary/aromatic N) is 1. The van der Waals surface area contributed by atoms with Gasteiger partial charge in [0.15, 0.2) is 0 Å². The maximum Gasteiger partial charge on any atom is 0.250 e. The molecule has 0 saturated heterocycles. The monoisotopic (exact) mass is 335 g/mol. The second-order valence-corrected chi connectivity index (χ2v) is 8.14. The zero-order chi connectivity index (χ0) is 15.6. The smallest absolute Gasteiger partial charge is 0.250 e. The van der Waals surface area contributed by atoms with Crippen LogP contribution in [0.25, 0.3) is 11.0 Å². The molecule has 2 aromatic heterocycles. The van der Waals surface area contributed by atoms with Crippen LogP contribution in [-0.2, 0) is 22.9 Å². The van der Waals surface area contributed by atoms with E-state index in [0.717, 1.165) is 27.9 Å². The lowest BCUT2D eigenvalue weighted by Crippen LogP contribution is -2.25. The van der Waals surface area contributed by atoms with E-state index in [-0.39, 0.29) is 0 Å². The van der Waals surface area contributed by atoms with Gasteiger partial charge in [0.1, 0.15) is 4.21 Å². The van der Waals surface area contributed by atoms with Crippen LogP contribution in [0.1, 0.15) is 17.4 Å². The number of hydrogen-bond acceptors (Lipinski definition) is 4. The minimum absolute atomic E-state index is 0.376. The van der Waals surface area contributed by atoms with Gasteiger partial charge in [0.25, 0.3) is 0 Å². The van der Waals surface area contributed by atoms with Crippen LogP contribution in [0, 0.1) is 0 Å². The summed E-state index contributed by atoms with van der Waals surface area (Å²) in [5.41, 5.74) is 2.95.